The minimum Gasteiger partial charge on any atom is -0.349 e. The molecule has 90 valence electrons. The van der Waals surface area contributed by atoms with Gasteiger partial charge in [-0.1, -0.05) is 0 Å². The van der Waals surface area contributed by atoms with Gasteiger partial charge in [-0.25, -0.2) is 0 Å². The lowest BCUT2D eigenvalue weighted by molar-refractivity contribution is -0.129. The molecule has 1 aromatic rings. The molecule has 5 nitrogen and oxygen atoms in total. The Hall–Kier alpha value is -1.36. The number of carbonyl (C=O) groups excluding carboxylic acids is 1. The maximum absolute atomic E-state index is 11.9. The molecule has 1 atom stereocenters. The number of aryl methyl sites for hydroxylation is 1. The minimum absolute atomic E-state index is 0.0358. The van der Waals surface area contributed by atoms with Crippen LogP contribution in [0.25, 0.3) is 0 Å². The summed E-state index contributed by atoms with van der Waals surface area (Å²) in [5.41, 5.74) is 6.01. The second-order valence-corrected chi connectivity index (χ2v) is 4.73. The summed E-state index contributed by atoms with van der Waals surface area (Å²) in [6.45, 7) is 5.93. The monoisotopic (exact) mass is 224 g/mol. The highest BCUT2D eigenvalue weighted by Gasteiger charge is 2.27. The number of amides is 1. The molecule has 0 saturated carbocycles. The predicted molar refractivity (Wildman–Crippen MR) is 62.6 cm³/mol. The lowest BCUT2D eigenvalue weighted by Gasteiger charge is -2.23. The summed E-state index contributed by atoms with van der Waals surface area (Å²) in [5, 5.41) is 7.00. The van der Waals surface area contributed by atoms with Crippen LogP contribution in [0.1, 0.15) is 32.4 Å². The first-order valence-corrected chi connectivity index (χ1v) is 5.36. The highest BCUT2D eigenvalue weighted by atomic mass is 16.2. The molecule has 0 aliphatic heterocycles. The molecule has 0 fully saturated rings. The Balaban J connectivity index is 2.65. The first kappa shape index (κ1) is 12.7. The molecule has 1 heterocycles. The third-order valence-electron chi connectivity index (χ3n) is 2.70. The molecule has 1 aromatic heterocycles. The van der Waals surface area contributed by atoms with Crippen LogP contribution in [0.2, 0.25) is 0 Å². The van der Waals surface area contributed by atoms with Crippen molar-refractivity contribution in [1.29, 1.82) is 0 Å². The van der Waals surface area contributed by atoms with Crippen molar-refractivity contribution in [3.8, 4) is 0 Å². The largest absolute Gasteiger partial charge is 0.349 e. The first-order valence-electron chi connectivity index (χ1n) is 5.36. The number of rotatable bonds is 4. The predicted octanol–water partition coefficient (Wildman–Crippen LogP) is 0.582. The Morgan fingerprint density at radius 1 is 1.69 bits per heavy atom. The summed E-state index contributed by atoms with van der Waals surface area (Å²) in [5.74, 6) is -0.0358. The first-order chi connectivity index (χ1) is 7.36. The van der Waals surface area contributed by atoms with Gasteiger partial charge in [0.1, 0.15) is 0 Å². The Morgan fingerprint density at radius 3 is 2.75 bits per heavy atom. The van der Waals surface area contributed by atoms with E-state index >= 15 is 0 Å². The molecule has 0 saturated heterocycles. The number of aromatic nitrogens is 2. The van der Waals surface area contributed by atoms with E-state index in [0.29, 0.717) is 6.54 Å². The van der Waals surface area contributed by atoms with E-state index in [1.165, 1.54) is 0 Å². The van der Waals surface area contributed by atoms with Crippen LogP contribution in [0.3, 0.4) is 0 Å². The van der Waals surface area contributed by atoms with Gasteiger partial charge in [0, 0.05) is 25.4 Å². The average molecular weight is 224 g/mol. The summed E-state index contributed by atoms with van der Waals surface area (Å²) in [7, 11) is 1.85. The average Bonchev–Trinajstić information content (AvgIpc) is 2.64. The van der Waals surface area contributed by atoms with Crippen molar-refractivity contribution >= 4 is 5.91 Å². The third-order valence-corrected chi connectivity index (χ3v) is 2.70. The van der Waals surface area contributed by atoms with Gasteiger partial charge in [-0.05, 0) is 20.8 Å². The van der Waals surface area contributed by atoms with E-state index in [2.05, 4.69) is 10.4 Å². The van der Waals surface area contributed by atoms with Crippen LogP contribution in [0.4, 0.5) is 0 Å². The van der Waals surface area contributed by atoms with Crippen molar-refractivity contribution in [3.63, 3.8) is 0 Å². The molecule has 0 aliphatic rings. The highest BCUT2D eigenvalue weighted by Crippen LogP contribution is 2.16. The molecule has 0 spiro atoms. The lowest BCUT2D eigenvalue weighted by atomic mass is 9.92. The van der Waals surface area contributed by atoms with Crippen LogP contribution in [0.5, 0.6) is 0 Å². The second kappa shape index (κ2) is 4.65. The maximum atomic E-state index is 11.9. The zero-order valence-corrected chi connectivity index (χ0v) is 10.3. The Kier molecular flexibility index (Phi) is 3.70. The number of nitrogens with one attached hydrogen (secondary N) is 1. The SMILES string of the molecule is CC(NC(=O)C(C)(C)CN)c1cnn(C)c1. The lowest BCUT2D eigenvalue weighted by Crippen LogP contribution is -2.42. The summed E-state index contributed by atoms with van der Waals surface area (Å²) in [6, 6.07) is -0.0491. The van der Waals surface area contributed by atoms with E-state index in [-0.39, 0.29) is 11.9 Å². The minimum atomic E-state index is -0.531. The molecule has 5 heteroatoms. The van der Waals surface area contributed by atoms with Crippen LogP contribution >= 0.6 is 0 Å². The zero-order chi connectivity index (χ0) is 12.3. The molecule has 1 amide bonds. The standard InChI is InChI=1S/C11H20N4O/c1-8(9-5-13-15(4)6-9)14-10(16)11(2,3)7-12/h5-6,8H,7,12H2,1-4H3,(H,14,16). The number of hydrogen-bond acceptors (Lipinski definition) is 3. The fraction of sp³-hybridized carbons (Fsp3) is 0.636. The fourth-order valence-electron chi connectivity index (χ4n) is 1.23. The van der Waals surface area contributed by atoms with Crippen molar-refractivity contribution in [2.45, 2.75) is 26.8 Å². The van der Waals surface area contributed by atoms with Gasteiger partial charge in [-0.3, -0.25) is 9.48 Å². The topological polar surface area (TPSA) is 72.9 Å². The molecule has 16 heavy (non-hydrogen) atoms. The Labute approximate surface area is 96.0 Å². The van der Waals surface area contributed by atoms with E-state index in [4.69, 9.17) is 5.73 Å². The summed E-state index contributed by atoms with van der Waals surface area (Å²) in [6.07, 6.45) is 3.64. The summed E-state index contributed by atoms with van der Waals surface area (Å²) in [4.78, 5) is 11.9. The number of nitrogens with two attached hydrogens (primary N) is 1. The summed E-state index contributed by atoms with van der Waals surface area (Å²) >= 11 is 0. The molecular formula is C11H20N4O. The molecule has 1 rings (SSSR count). The van der Waals surface area contributed by atoms with E-state index < -0.39 is 5.41 Å². The molecule has 0 bridgehead atoms. The van der Waals surface area contributed by atoms with Gasteiger partial charge < -0.3 is 11.1 Å². The van der Waals surface area contributed by atoms with Gasteiger partial charge in [0.15, 0.2) is 0 Å². The van der Waals surface area contributed by atoms with Crippen molar-refractivity contribution in [2.24, 2.45) is 18.2 Å². The third kappa shape index (κ3) is 2.82. The zero-order valence-electron chi connectivity index (χ0n) is 10.3. The van der Waals surface area contributed by atoms with Crippen molar-refractivity contribution < 1.29 is 4.79 Å². The van der Waals surface area contributed by atoms with Crippen molar-refractivity contribution in [3.05, 3.63) is 18.0 Å². The van der Waals surface area contributed by atoms with Crippen LogP contribution in [0.15, 0.2) is 12.4 Å². The van der Waals surface area contributed by atoms with Gasteiger partial charge in [0.2, 0.25) is 5.91 Å². The van der Waals surface area contributed by atoms with Crippen LogP contribution in [-0.4, -0.2) is 22.2 Å². The second-order valence-electron chi connectivity index (χ2n) is 4.73. The molecule has 3 N–H and O–H groups in total. The van der Waals surface area contributed by atoms with Crippen LogP contribution in [0, 0.1) is 5.41 Å². The maximum Gasteiger partial charge on any atom is 0.227 e. The Bertz CT molecular complexity index is 370. The van der Waals surface area contributed by atoms with Gasteiger partial charge in [-0.15, -0.1) is 0 Å². The van der Waals surface area contributed by atoms with Crippen molar-refractivity contribution in [1.82, 2.24) is 15.1 Å². The molecule has 0 aliphatic carbocycles. The van der Waals surface area contributed by atoms with E-state index in [1.54, 1.807) is 10.9 Å². The highest BCUT2D eigenvalue weighted by molar-refractivity contribution is 5.82. The van der Waals surface area contributed by atoms with Gasteiger partial charge in [-0.2, -0.15) is 5.10 Å². The van der Waals surface area contributed by atoms with Gasteiger partial charge in [0.25, 0.3) is 0 Å². The number of carbonyl (C=O) groups is 1. The van der Waals surface area contributed by atoms with Gasteiger partial charge >= 0.3 is 0 Å². The molecule has 0 radical (unpaired) electrons. The van der Waals surface area contributed by atoms with E-state index in [1.807, 2.05) is 34.0 Å². The van der Waals surface area contributed by atoms with E-state index in [9.17, 15) is 4.79 Å². The number of hydrogen-bond donors (Lipinski definition) is 2. The van der Waals surface area contributed by atoms with E-state index in [0.717, 1.165) is 5.56 Å². The summed E-state index contributed by atoms with van der Waals surface area (Å²) < 4.78 is 1.71. The normalized spacial score (nSPS) is 13.6. The quantitative estimate of drug-likeness (QED) is 0.786. The van der Waals surface area contributed by atoms with Crippen molar-refractivity contribution in [2.75, 3.05) is 6.54 Å². The van der Waals surface area contributed by atoms with Gasteiger partial charge in [0.05, 0.1) is 17.7 Å². The fourth-order valence-corrected chi connectivity index (χ4v) is 1.23. The van der Waals surface area contributed by atoms with Crippen LogP contribution < -0.4 is 11.1 Å². The molecule has 0 aromatic carbocycles. The molecule has 1 unspecified atom stereocenters. The smallest absolute Gasteiger partial charge is 0.227 e. The Morgan fingerprint density at radius 2 is 2.31 bits per heavy atom. The molecular weight excluding hydrogens is 204 g/mol. The van der Waals surface area contributed by atoms with Crippen LogP contribution in [-0.2, 0) is 11.8 Å². The number of nitrogens with zero attached hydrogens (tertiary/aromatic N) is 2.